The third-order valence-electron chi connectivity index (χ3n) is 2.70. The van der Waals surface area contributed by atoms with Crippen molar-refractivity contribution in [2.45, 2.75) is 13.0 Å². The van der Waals surface area contributed by atoms with Crippen molar-refractivity contribution in [2.75, 3.05) is 11.4 Å². The fourth-order valence-corrected chi connectivity index (χ4v) is 3.06. The number of rotatable bonds is 1. The van der Waals surface area contributed by atoms with Crippen LogP contribution in [0.2, 0.25) is 0 Å². The Hall–Kier alpha value is -0.690. The molecule has 5 heteroatoms. The molecule has 0 aliphatic carbocycles. The lowest BCUT2D eigenvalue weighted by Gasteiger charge is -2.26. The minimum Gasteiger partial charge on any atom is -0.336 e. The summed E-state index contributed by atoms with van der Waals surface area (Å²) in [6.45, 7) is 1.97. The zero-order chi connectivity index (χ0) is 11.0. The molecule has 0 spiro atoms. The standard InChI is InChI=1S/C11H10IN3S/c12-9-5-13-11(14-6-9)15-3-1-10-8(7-15)2-4-16-10/h2,4-6H,1,3,7H2. The van der Waals surface area contributed by atoms with Crippen LogP contribution in [0.4, 0.5) is 5.95 Å². The van der Waals surface area contributed by atoms with Gasteiger partial charge in [-0.25, -0.2) is 9.97 Å². The monoisotopic (exact) mass is 343 g/mol. The number of aromatic nitrogens is 2. The number of hydrogen-bond donors (Lipinski definition) is 0. The summed E-state index contributed by atoms with van der Waals surface area (Å²) in [6, 6.07) is 2.21. The molecule has 16 heavy (non-hydrogen) atoms. The maximum absolute atomic E-state index is 4.37. The van der Waals surface area contributed by atoms with Crippen LogP contribution in [-0.2, 0) is 13.0 Å². The fraction of sp³-hybridized carbons (Fsp3) is 0.273. The first-order valence-electron chi connectivity index (χ1n) is 5.10. The minimum absolute atomic E-state index is 0.845. The van der Waals surface area contributed by atoms with Crippen LogP contribution >= 0.6 is 33.9 Å². The van der Waals surface area contributed by atoms with Gasteiger partial charge in [0.1, 0.15) is 0 Å². The van der Waals surface area contributed by atoms with Crippen molar-refractivity contribution in [2.24, 2.45) is 0 Å². The molecule has 2 aromatic rings. The molecule has 2 aromatic heterocycles. The SMILES string of the molecule is Ic1cnc(N2CCc3sccc3C2)nc1. The van der Waals surface area contributed by atoms with Crippen LogP contribution in [0.3, 0.4) is 0 Å². The lowest BCUT2D eigenvalue weighted by molar-refractivity contribution is 0.717. The maximum atomic E-state index is 4.37. The van der Waals surface area contributed by atoms with E-state index < -0.39 is 0 Å². The number of fused-ring (bicyclic) bond motifs is 1. The molecule has 0 atom stereocenters. The second kappa shape index (κ2) is 4.29. The van der Waals surface area contributed by atoms with Crippen LogP contribution < -0.4 is 4.90 Å². The van der Waals surface area contributed by atoms with Crippen molar-refractivity contribution < 1.29 is 0 Å². The smallest absolute Gasteiger partial charge is 0.225 e. The molecule has 0 bridgehead atoms. The molecular formula is C11H10IN3S. The van der Waals surface area contributed by atoms with Gasteiger partial charge >= 0.3 is 0 Å². The second-order valence-electron chi connectivity index (χ2n) is 3.74. The Labute approximate surface area is 112 Å². The third-order valence-corrected chi connectivity index (χ3v) is 4.28. The van der Waals surface area contributed by atoms with Crippen LogP contribution in [0.25, 0.3) is 0 Å². The van der Waals surface area contributed by atoms with Crippen molar-refractivity contribution in [3.05, 3.63) is 37.9 Å². The molecule has 0 saturated heterocycles. The first kappa shape index (κ1) is 10.5. The van der Waals surface area contributed by atoms with E-state index in [9.17, 15) is 0 Å². The highest BCUT2D eigenvalue weighted by atomic mass is 127. The van der Waals surface area contributed by atoms with Gasteiger partial charge in [-0.3, -0.25) is 0 Å². The summed E-state index contributed by atoms with van der Waals surface area (Å²) in [4.78, 5) is 12.5. The molecule has 0 radical (unpaired) electrons. The quantitative estimate of drug-likeness (QED) is 0.746. The van der Waals surface area contributed by atoms with Gasteiger partial charge in [-0.2, -0.15) is 0 Å². The van der Waals surface area contributed by atoms with Gasteiger partial charge in [0.15, 0.2) is 0 Å². The maximum Gasteiger partial charge on any atom is 0.225 e. The highest BCUT2D eigenvalue weighted by Gasteiger charge is 2.18. The van der Waals surface area contributed by atoms with Gasteiger partial charge in [-0.15, -0.1) is 11.3 Å². The van der Waals surface area contributed by atoms with E-state index in [0.29, 0.717) is 0 Å². The van der Waals surface area contributed by atoms with Crippen LogP contribution in [0.15, 0.2) is 23.8 Å². The number of thiophene rings is 1. The Morgan fingerprint density at radius 2 is 2.12 bits per heavy atom. The first-order chi connectivity index (χ1) is 7.83. The molecule has 0 N–H and O–H groups in total. The first-order valence-corrected chi connectivity index (χ1v) is 7.06. The van der Waals surface area contributed by atoms with Gasteiger partial charge < -0.3 is 4.90 Å². The second-order valence-corrected chi connectivity index (χ2v) is 5.99. The lowest BCUT2D eigenvalue weighted by Crippen LogP contribution is -2.30. The normalized spacial score (nSPS) is 14.9. The van der Waals surface area contributed by atoms with E-state index in [1.807, 2.05) is 23.7 Å². The minimum atomic E-state index is 0.845. The van der Waals surface area contributed by atoms with Gasteiger partial charge in [0, 0.05) is 33.9 Å². The van der Waals surface area contributed by atoms with Gasteiger partial charge in [-0.05, 0) is 46.0 Å². The van der Waals surface area contributed by atoms with E-state index in [4.69, 9.17) is 0 Å². The number of halogens is 1. The number of anilines is 1. The predicted molar refractivity (Wildman–Crippen MR) is 73.8 cm³/mol. The van der Waals surface area contributed by atoms with E-state index in [-0.39, 0.29) is 0 Å². The molecule has 0 amide bonds. The summed E-state index contributed by atoms with van der Waals surface area (Å²) in [5, 5.41) is 2.17. The van der Waals surface area contributed by atoms with E-state index >= 15 is 0 Å². The van der Waals surface area contributed by atoms with Gasteiger partial charge in [-0.1, -0.05) is 0 Å². The topological polar surface area (TPSA) is 29.0 Å². The van der Waals surface area contributed by atoms with Gasteiger partial charge in [0.25, 0.3) is 0 Å². The summed E-state index contributed by atoms with van der Waals surface area (Å²) in [7, 11) is 0. The van der Waals surface area contributed by atoms with Crippen molar-refractivity contribution in [1.82, 2.24) is 9.97 Å². The Balaban J connectivity index is 1.86. The molecule has 0 fully saturated rings. The highest BCUT2D eigenvalue weighted by Crippen LogP contribution is 2.25. The highest BCUT2D eigenvalue weighted by molar-refractivity contribution is 14.1. The van der Waals surface area contributed by atoms with Gasteiger partial charge in [0.05, 0.1) is 0 Å². The zero-order valence-electron chi connectivity index (χ0n) is 8.56. The lowest BCUT2D eigenvalue weighted by atomic mass is 10.1. The summed E-state index contributed by atoms with van der Waals surface area (Å²) >= 11 is 4.08. The molecule has 0 saturated carbocycles. The average molecular weight is 343 g/mol. The van der Waals surface area contributed by atoms with Crippen LogP contribution in [0, 0.1) is 3.57 Å². The zero-order valence-corrected chi connectivity index (χ0v) is 11.5. The Morgan fingerprint density at radius 3 is 2.94 bits per heavy atom. The largest absolute Gasteiger partial charge is 0.336 e. The Morgan fingerprint density at radius 1 is 1.31 bits per heavy atom. The molecule has 3 nitrogen and oxygen atoms in total. The summed E-state index contributed by atoms with van der Waals surface area (Å²) in [6.07, 6.45) is 4.85. The summed E-state index contributed by atoms with van der Waals surface area (Å²) in [5.74, 6) is 0.845. The summed E-state index contributed by atoms with van der Waals surface area (Å²) in [5.41, 5.74) is 1.43. The Kier molecular flexibility index (Phi) is 2.81. The molecule has 3 heterocycles. The van der Waals surface area contributed by atoms with Crippen molar-refractivity contribution >= 4 is 39.9 Å². The molecule has 0 aromatic carbocycles. The predicted octanol–water partition coefficient (Wildman–Crippen LogP) is 2.71. The molecule has 1 aliphatic rings. The molecular weight excluding hydrogens is 333 g/mol. The van der Waals surface area contributed by atoms with Crippen molar-refractivity contribution in [1.29, 1.82) is 0 Å². The van der Waals surface area contributed by atoms with Crippen LogP contribution in [-0.4, -0.2) is 16.5 Å². The molecule has 1 aliphatic heterocycles. The van der Waals surface area contributed by atoms with E-state index in [1.54, 1.807) is 0 Å². The van der Waals surface area contributed by atoms with Gasteiger partial charge in [0.2, 0.25) is 5.95 Å². The Bertz CT molecular complexity index is 494. The average Bonchev–Trinajstić information content (AvgIpc) is 2.77. The fourth-order valence-electron chi connectivity index (χ4n) is 1.89. The van der Waals surface area contributed by atoms with E-state index in [1.165, 1.54) is 10.4 Å². The van der Waals surface area contributed by atoms with Crippen molar-refractivity contribution in [3.63, 3.8) is 0 Å². The van der Waals surface area contributed by atoms with Crippen LogP contribution in [0.1, 0.15) is 10.4 Å². The van der Waals surface area contributed by atoms with E-state index in [2.05, 4.69) is 48.9 Å². The number of nitrogens with zero attached hydrogens (tertiary/aromatic N) is 3. The summed E-state index contributed by atoms with van der Waals surface area (Å²) < 4.78 is 1.08. The molecule has 3 rings (SSSR count). The van der Waals surface area contributed by atoms with Crippen LogP contribution in [0.5, 0.6) is 0 Å². The molecule has 0 unspecified atom stereocenters. The number of hydrogen-bond acceptors (Lipinski definition) is 4. The van der Waals surface area contributed by atoms with E-state index in [0.717, 1.165) is 29.0 Å². The molecule has 82 valence electrons. The third kappa shape index (κ3) is 1.93. The van der Waals surface area contributed by atoms with Crippen molar-refractivity contribution in [3.8, 4) is 0 Å².